The van der Waals surface area contributed by atoms with E-state index in [1.165, 1.54) is 16.7 Å². The maximum absolute atomic E-state index is 12.5. The van der Waals surface area contributed by atoms with Crippen LogP contribution in [-0.4, -0.2) is 27.6 Å². The number of para-hydroxylation sites is 1. The minimum Gasteiger partial charge on any atom is -0.465 e. The molecule has 1 aromatic heterocycles. The predicted molar refractivity (Wildman–Crippen MR) is 111 cm³/mol. The van der Waals surface area contributed by atoms with Crippen molar-refractivity contribution >= 4 is 67.8 Å². The molecule has 0 atom stereocenters. The second-order valence-electron chi connectivity index (χ2n) is 5.48. The molecule has 1 saturated heterocycles. The van der Waals surface area contributed by atoms with Gasteiger partial charge < -0.3 is 9.73 Å². The van der Waals surface area contributed by atoms with E-state index in [1.54, 1.807) is 24.5 Å². The summed E-state index contributed by atoms with van der Waals surface area (Å²) in [6.45, 7) is 0.406. The summed E-state index contributed by atoms with van der Waals surface area (Å²) in [7, 11) is 0. The molecule has 1 N–H and O–H groups in total. The lowest BCUT2D eigenvalue weighted by Gasteiger charge is -2.14. The number of benzene rings is 1. The van der Waals surface area contributed by atoms with Crippen LogP contribution in [0.1, 0.15) is 18.6 Å². The molecule has 2 aromatic rings. The Kier molecular flexibility index (Phi) is 6.29. The molecular formula is C18H15BrN2O3S2. The van der Waals surface area contributed by atoms with Gasteiger partial charge in [-0.25, -0.2) is 0 Å². The first-order valence-electron chi connectivity index (χ1n) is 7.88. The molecule has 2 heterocycles. The van der Waals surface area contributed by atoms with E-state index in [9.17, 15) is 9.59 Å². The minimum absolute atomic E-state index is 0.103. The van der Waals surface area contributed by atoms with Gasteiger partial charge in [-0.3, -0.25) is 14.5 Å². The van der Waals surface area contributed by atoms with E-state index in [1.807, 2.05) is 24.3 Å². The van der Waals surface area contributed by atoms with Gasteiger partial charge >= 0.3 is 0 Å². The Morgan fingerprint density at radius 3 is 2.85 bits per heavy atom. The summed E-state index contributed by atoms with van der Waals surface area (Å²) in [5, 5.41) is 2.85. The van der Waals surface area contributed by atoms with Gasteiger partial charge in [-0.15, -0.1) is 0 Å². The van der Waals surface area contributed by atoms with Gasteiger partial charge in [0.25, 0.3) is 5.91 Å². The van der Waals surface area contributed by atoms with E-state index >= 15 is 0 Å². The molecule has 0 radical (unpaired) electrons. The Labute approximate surface area is 168 Å². The van der Waals surface area contributed by atoms with Gasteiger partial charge in [0.1, 0.15) is 10.1 Å². The number of nitrogens with one attached hydrogen (secondary N) is 1. The van der Waals surface area contributed by atoms with Crippen LogP contribution in [0.25, 0.3) is 6.08 Å². The zero-order chi connectivity index (χ0) is 18.5. The van der Waals surface area contributed by atoms with E-state index in [0.717, 1.165) is 10.2 Å². The number of hydrogen-bond donors (Lipinski definition) is 1. The highest BCUT2D eigenvalue weighted by molar-refractivity contribution is 9.10. The number of halogens is 1. The quantitative estimate of drug-likeness (QED) is 0.511. The number of thioether (sulfide) groups is 1. The van der Waals surface area contributed by atoms with Crippen LogP contribution in [0.15, 0.2) is 56.5 Å². The number of hydrogen-bond acceptors (Lipinski definition) is 5. The molecule has 1 aromatic carbocycles. The highest BCUT2D eigenvalue weighted by Crippen LogP contribution is 2.32. The van der Waals surface area contributed by atoms with Gasteiger partial charge in [-0.1, -0.05) is 36.1 Å². The summed E-state index contributed by atoms with van der Waals surface area (Å²) < 4.78 is 6.56. The Hall–Kier alpha value is -1.90. The summed E-state index contributed by atoms with van der Waals surface area (Å²) in [6.07, 6.45) is 4.06. The van der Waals surface area contributed by atoms with Crippen LogP contribution in [0.4, 0.5) is 5.69 Å². The van der Waals surface area contributed by atoms with Crippen LogP contribution in [0.5, 0.6) is 0 Å². The molecule has 0 bridgehead atoms. The van der Waals surface area contributed by atoms with Crippen LogP contribution < -0.4 is 5.32 Å². The molecule has 5 nitrogen and oxygen atoms in total. The highest BCUT2D eigenvalue weighted by Gasteiger charge is 2.31. The van der Waals surface area contributed by atoms with Crippen LogP contribution in [0.2, 0.25) is 0 Å². The first-order chi connectivity index (χ1) is 12.5. The third-order valence-corrected chi connectivity index (χ3v) is 5.69. The number of thiocarbonyl (C=S) groups is 1. The predicted octanol–water partition coefficient (Wildman–Crippen LogP) is 4.66. The summed E-state index contributed by atoms with van der Waals surface area (Å²) in [5.41, 5.74) is 0.726. The van der Waals surface area contributed by atoms with E-state index in [-0.39, 0.29) is 11.8 Å². The van der Waals surface area contributed by atoms with Crippen molar-refractivity contribution in [2.45, 2.75) is 12.8 Å². The molecule has 1 aliphatic heterocycles. The minimum atomic E-state index is -0.150. The maximum atomic E-state index is 12.5. The fourth-order valence-corrected chi connectivity index (χ4v) is 4.04. The van der Waals surface area contributed by atoms with E-state index in [0.29, 0.717) is 34.4 Å². The van der Waals surface area contributed by atoms with E-state index in [4.69, 9.17) is 16.6 Å². The van der Waals surface area contributed by atoms with Gasteiger partial charge in [0.15, 0.2) is 0 Å². The molecule has 26 heavy (non-hydrogen) atoms. The SMILES string of the molecule is O=C(CCCN1C(=O)/C(=C/c2ccco2)SC1=S)Nc1ccccc1Br. The van der Waals surface area contributed by atoms with Crippen molar-refractivity contribution in [3.05, 3.63) is 57.8 Å². The number of furan rings is 1. The number of carbonyl (C=O) groups is 2. The lowest BCUT2D eigenvalue weighted by atomic mass is 10.2. The molecule has 3 rings (SSSR count). The zero-order valence-corrected chi connectivity index (χ0v) is 16.8. The normalized spacial score (nSPS) is 15.7. The number of amides is 2. The largest absolute Gasteiger partial charge is 0.465 e. The van der Waals surface area contributed by atoms with Crippen molar-refractivity contribution in [2.75, 3.05) is 11.9 Å². The van der Waals surface area contributed by atoms with Crippen molar-refractivity contribution in [3.8, 4) is 0 Å². The van der Waals surface area contributed by atoms with Gasteiger partial charge in [-0.2, -0.15) is 0 Å². The Bertz CT molecular complexity index is 865. The number of carbonyl (C=O) groups excluding carboxylic acids is 2. The fourth-order valence-electron chi connectivity index (χ4n) is 2.37. The van der Waals surface area contributed by atoms with Crippen LogP contribution in [0.3, 0.4) is 0 Å². The van der Waals surface area contributed by atoms with Crippen molar-refractivity contribution in [1.82, 2.24) is 4.90 Å². The van der Waals surface area contributed by atoms with Crippen molar-refractivity contribution in [2.24, 2.45) is 0 Å². The second kappa shape index (κ2) is 8.66. The van der Waals surface area contributed by atoms with Gasteiger partial charge in [0.05, 0.1) is 16.9 Å². The average Bonchev–Trinajstić information content (AvgIpc) is 3.21. The van der Waals surface area contributed by atoms with E-state index < -0.39 is 0 Å². The summed E-state index contributed by atoms with van der Waals surface area (Å²) in [5.74, 6) is 0.356. The molecule has 134 valence electrons. The van der Waals surface area contributed by atoms with Crippen LogP contribution in [-0.2, 0) is 9.59 Å². The maximum Gasteiger partial charge on any atom is 0.266 e. The van der Waals surface area contributed by atoms with Gasteiger partial charge in [-0.05, 0) is 46.6 Å². The Morgan fingerprint density at radius 1 is 1.31 bits per heavy atom. The lowest BCUT2D eigenvalue weighted by Crippen LogP contribution is -2.29. The number of nitrogens with zero attached hydrogens (tertiary/aromatic N) is 1. The summed E-state index contributed by atoms with van der Waals surface area (Å²) in [6, 6.07) is 11.0. The molecule has 8 heteroatoms. The average molecular weight is 451 g/mol. The third-order valence-electron chi connectivity index (χ3n) is 3.62. The highest BCUT2D eigenvalue weighted by atomic mass is 79.9. The number of anilines is 1. The van der Waals surface area contributed by atoms with Crippen LogP contribution >= 0.6 is 39.9 Å². The van der Waals surface area contributed by atoms with Crippen molar-refractivity contribution in [3.63, 3.8) is 0 Å². The number of rotatable bonds is 6. The lowest BCUT2D eigenvalue weighted by molar-refractivity contribution is -0.122. The van der Waals surface area contributed by atoms with Crippen LogP contribution in [0, 0.1) is 0 Å². The fraction of sp³-hybridized carbons (Fsp3) is 0.167. The third kappa shape index (κ3) is 4.63. The van der Waals surface area contributed by atoms with E-state index in [2.05, 4.69) is 21.2 Å². The first kappa shape index (κ1) is 18.9. The molecule has 0 spiro atoms. The molecule has 1 aliphatic rings. The Balaban J connectivity index is 1.52. The van der Waals surface area contributed by atoms with Crippen molar-refractivity contribution in [1.29, 1.82) is 0 Å². The standard InChI is InChI=1S/C18H15BrN2O3S2/c19-13-6-1-2-7-14(13)20-16(22)8-3-9-21-17(23)15(26-18(21)25)11-12-5-4-10-24-12/h1-2,4-7,10-11H,3,8-9H2,(H,20,22)/b15-11-. The molecule has 1 fully saturated rings. The summed E-state index contributed by atoms with van der Waals surface area (Å²) in [4.78, 5) is 26.6. The van der Waals surface area contributed by atoms with Gasteiger partial charge in [0.2, 0.25) is 5.91 Å². The molecule has 0 unspecified atom stereocenters. The second-order valence-corrected chi connectivity index (χ2v) is 8.01. The molecule has 0 aliphatic carbocycles. The van der Waals surface area contributed by atoms with Crippen molar-refractivity contribution < 1.29 is 14.0 Å². The summed E-state index contributed by atoms with van der Waals surface area (Å²) >= 11 is 9.92. The Morgan fingerprint density at radius 2 is 2.12 bits per heavy atom. The topological polar surface area (TPSA) is 62.6 Å². The zero-order valence-electron chi connectivity index (χ0n) is 13.6. The van der Waals surface area contributed by atoms with Gasteiger partial charge in [0, 0.05) is 23.5 Å². The smallest absolute Gasteiger partial charge is 0.266 e. The molecular weight excluding hydrogens is 436 g/mol. The monoisotopic (exact) mass is 450 g/mol. The first-order valence-corrected chi connectivity index (χ1v) is 9.89. The molecule has 0 saturated carbocycles. The molecule has 2 amide bonds.